The van der Waals surface area contributed by atoms with Crippen LogP contribution in [0.1, 0.15) is 18.1 Å². The van der Waals surface area contributed by atoms with Crippen molar-refractivity contribution in [3.63, 3.8) is 0 Å². The van der Waals surface area contributed by atoms with Gasteiger partial charge in [0.25, 0.3) is 0 Å². The molecule has 0 bridgehead atoms. The third kappa shape index (κ3) is 3.28. The highest BCUT2D eigenvalue weighted by molar-refractivity contribution is 6.19. The predicted octanol–water partition coefficient (Wildman–Crippen LogP) is 8.01. The van der Waals surface area contributed by atoms with E-state index in [4.69, 9.17) is 5.73 Å². The summed E-state index contributed by atoms with van der Waals surface area (Å²) >= 11 is 0. The molecule has 2 heteroatoms. The molecule has 0 aliphatic heterocycles. The van der Waals surface area contributed by atoms with Crippen LogP contribution in [0.3, 0.4) is 0 Å². The molecule has 2 N–H and O–H groups in total. The standard InChI is InChI=1S/C31H26N2/c1-4-21(5-2)23-12-15-27-25(18-23)14-17-29-28-16-13-24(22(6-3)20-32)19-30(28)33(31(27)29)26-10-8-7-9-11-26/h4-20H,1,3,32H2,2H3/b21-5+,22-20+. The Kier molecular flexibility index (Phi) is 5.20. The molecule has 0 saturated carbocycles. The second kappa shape index (κ2) is 8.33. The number of benzene rings is 4. The molecule has 0 atom stereocenters. The number of allylic oxidation sites excluding steroid dienone is 5. The Morgan fingerprint density at radius 3 is 2.09 bits per heavy atom. The van der Waals surface area contributed by atoms with Gasteiger partial charge >= 0.3 is 0 Å². The molecular formula is C31H26N2. The molecule has 1 aromatic heterocycles. The van der Waals surface area contributed by atoms with Gasteiger partial charge in [0.1, 0.15) is 0 Å². The number of hydrogen-bond acceptors (Lipinski definition) is 1. The van der Waals surface area contributed by atoms with Crippen LogP contribution in [0.25, 0.3) is 49.4 Å². The monoisotopic (exact) mass is 426 g/mol. The zero-order valence-corrected chi connectivity index (χ0v) is 18.8. The second-order valence-corrected chi connectivity index (χ2v) is 8.07. The fourth-order valence-corrected chi connectivity index (χ4v) is 4.73. The van der Waals surface area contributed by atoms with Crippen LogP contribution in [0.15, 0.2) is 116 Å². The fourth-order valence-electron chi connectivity index (χ4n) is 4.73. The first-order valence-electron chi connectivity index (χ1n) is 11.1. The molecule has 33 heavy (non-hydrogen) atoms. The lowest BCUT2D eigenvalue weighted by molar-refractivity contribution is 1.19. The Hall–Kier alpha value is -4.30. The molecule has 0 amide bonds. The van der Waals surface area contributed by atoms with Crippen LogP contribution in [-0.2, 0) is 0 Å². The number of hydrogen-bond donors (Lipinski definition) is 1. The fraction of sp³-hybridized carbons (Fsp3) is 0.0323. The largest absolute Gasteiger partial charge is 0.404 e. The van der Waals surface area contributed by atoms with Crippen LogP contribution in [0.4, 0.5) is 0 Å². The Morgan fingerprint density at radius 1 is 0.758 bits per heavy atom. The average molecular weight is 427 g/mol. The van der Waals surface area contributed by atoms with Crippen molar-refractivity contribution in [2.24, 2.45) is 5.73 Å². The number of aromatic nitrogens is 1. The minimum atomic E-state index is 0.916. The maximum atomic E-state index is 5.87. The molecule has 4 aromatic carbocycles. The Labute approximate surface area is 194 Å². The Morgan fingerprint density at radius 2 is 1.42 bits per heavy atom. The van der Waals surface area contributed by atoms with Gasteiger partial charge in [0.15, 0.2) is 0 Å². The predicted molar refractivity (Wildman–Crippen MR) is 144 cm³/mol. The molecule has 0 saturated heterocycles. The molecule has 0 unspecified atom stereocenters. The molecule has 1 heterocycles. The highest BCUT2D eigenvalue weighted by atomic mass is 15.0. The van der Waals surface area contributed by atoms with Gasteiger partial charge in [0.05, 0.1) is 11.0 Å². The summed E-state index contributed by atoms with van der Waals surface area (Å²) in [5, 5.41) is 4.86. The van der Waals surface area contributed by atoms with Gasteiger partial charge in [-0.2, -0.15) is 0 Å². The number of rotatable bonds is 5. The maximum absolute atomic E-state index is 5.87. The number of nitrogens with two attached hydrogens (primary N) is 1. The van der Waals surface area contributed by atoms with Gasteiger partial charge in [-0.3, -0.25) is 0 Å². The third-order valence-corrected chi connectivity index (χ3v) is 6.36. The van der Waals surface area contributed by atoms with Crippen molar-refractivity contribution in [1.29, 1.82) is 0 Å². The van der Waals surface area contributed by atoms with Crippen molar-refractivity contribution < 1.29 is 0 Å². The van der Waals surface area contributed by atoms with Crippen molar-refractivity contribution >= 4 is 43.7 Å². The van der Waals surface area contributed by atoms with Crippen LogP contribution in [0.2, 0.25) is 0 Å². The van der Waals surface area contributed by atoms with E-state index in [-0.39, 0.29) is 0 Å². The number of nitrogens with zero attached hydrogens (tertiary/aromatic N) is 1. The van der Waals surface area contributed by atoms with Crippen LogP contribution in [0, 0.1) is 0 Å². The Bertz CT molecular complexity index is 1590. The van der Waals surface area contributed by atoms with Crippen molar-refractivity contribution in [3.8, 4) is 5.69 Å². The molecule has 5 rings (SSSR count). The van der Waals surface area contributed by atoms with Gasteiger partial charge < -0.3 is 10.3 Å². The molecule has 160 valence electrons. The topological polar surface area (TPSA) is 30.9 Å². The zero-order chi connectivity index (χ0) is 22.9. The van der Waals surface area contributed by atoms with Crippen molar-refractivity contribution in [1.82, 2.24) is 4.57 Å². The summed E-state index contributed by atoms with van der Waals surface area (Å²) in [6.07, 6.45) is 7.41. The molecule has 0 aliphatic rings. The summed E-state index contributed by atoms with van der Waals surface area (Å²) in [5.74, 6) is 0. The van der Waals surface area contributed by atoms with E-state index in [1.54, 1.807) is 12.3 Å². The van der Waals surface area contributed by atoms with Gasteiger partial charge in [0, 0.05) is 28.0 Å². The van der Waals surface area contributed by atoms with Crippen molar-refractivity contribution in [2.45, 2.75) is 6.92 Å². The summed E-state index contributed by atoms with van der Waals surface area (Å²) in [4.78, 5) is 0. The lowest BCUT2D eigenvalue weighted by Crippen LogP contribution is -1.95. The van der Waals surface area contributed by atoms with Gasteiger partial charge in [0.2, 0.25) is 0 Å². The van der Waals surface area contributed by atoms with E-state index in [0.29, 0.717) is 0 Å². The van der Waals surface area contributed by atoms with E-state index in [1.807, 2.05) is 19.1 Å². The second-order valence-electron chi connectivity index (χ2n) is 8.07. The van der Waals surface area contributed by atoms with Crippen molar-refractivity contribution in [2.75, 3.05) is 0 Å². The zero-order valence-electron chi connectivity index (χ0n) is 18.8. The maximum Gasteiger partial charge on any atom is 0.0619 e. The molecule has 0 spiro atoms. The van der Waals surface area contributed by atoms with Gasteiger partial charge in [-0.25, -0.2) is 0 Å². The minimum absolute atomic E-state index is 0.916. The van der Waals surface area contributed by atoms with E-state index in [2.05, 4.69) is 96.6 Å². The summed E-state index contributed by atoms with van der Waals surface area (Å²) in [6, 6.07) is 28.1. The molecule has 0 aliphatic carbocycles. The average Bonchev–Trinajstić information content (AvgIpc) is 3.20. The number of fused-ring (bicyclic) bond motifs is 5. The number of para-hydroxylation sites is 1. The van der Waals surface area contributed by atoms with Crippen LogP contribution < -0.4 is 5.73 Å². The first-order chi connectivity index (χ1) is 16.2. The van der Waals surface area contributed by atoms with E-state index in [9.17, 15) is 0 Å². The Balaban J connectivity index is 1.92. The first kappa shape index (κ1) is 20.6. The van der Waals surface area contributed by atoms with E-state index < -0.39 is 0 Å². The highest BCUT2D eigenvalue weighted by Crippen LogP contribution is 2.38. The molecular weight excluding hydrogens is 400 g/mol. The van der Waals surface area contributed by atoms with E-state index in [1.165, 1.54) is 32.6 Å². The molecule has 5 aromatic rings. The SMILES string of the molecule is C=C/C(=C\C)c1ccc2c(ccc3c4ccc(/C(C=C)=C/N)cc4n(-c4ccccc4)c23)c1. The lowest BCUT2D eigenvalue weighted by atomic mass is 9.99. The van der Waals surface area contributed by atoms with Crippen molar-refractivity contribution in [3.05, 3.63) is 128 Å². The highest BCUT2D eigenvalue weighted by Gasteiger charge is 2.16. The quantitative estimate of drug-likeness (QED) is 0.283. The first-order valence-corrected chi connectivity index (χ1v) is 11.1. The molecule has 0 radical (unpaired) electrons. The van der Waals surface area contributed by atoms with Crippen LogP contribution in [0.5, 0.6) is 0 Å². The smallest absolute Gasteiger partial charge is 0.0619 e. The molecule has 0 fully saturated rings. The molecule has 2 nitrogen and oxygen atoms in total. The summed E-state index contributed by atoms with van der Waals surface area (Å²) in [6.45, 7) is 9.93. The summed E-state index contributed by atoms with van der Waals surface area (Å²) < 4.78 is 2.36. The summed E-state index contributed by atoms with van der Waals surface area (Å²) in [5.41, 5.74) is 13.6. The van der Waals surface area contributed by atoms with Gasteiger partial charge in [-0.1, -0.05) is 86.0 Å². The van der Waals surface area contributed by atoms with Gasteiger partial charge in [-0.15, -0.1) is 0 Å². The normalized spacial score (nSPS) is 12.5. The van der Waals surface area contributed by atoms with E-state index in [0.717, 1.165) is 27.9 Å². The summed E-state index contributed by atoms with van der Waals surface area (Å²) in [7, 11) is 0. The lowest BCUT2D eigenvalue weighted by Gasteiger charge is -2.11. The van der Waals surface area contributed by atoms with E-state index >= 15 is 0 Å². The third-order valence-electron chi connectivity index (χ3n) is 6.36. The van der Waals surface area contributed by atoms with Gasteiger partial charge in [-0.05, 0) is 58.8 Å². The van der Waals surface area contributed by atoms with Crippen LogP contribution >= 0.6 is 0 Å². The van der Waals surface area contributed by atoms with Crippen LogP contribution in [-0.4, -0.2) is 4.57 Å². The minimum Gasteiger partial charge on any atom is -0.404 e.